The second-order valence-corrected chi connectivity index (χ2v) is 13.1. The topological polar surface area (TPSA) is 117 Å². The van der Waals surface area contributed by atoms with E-state index in [2.05, 4.69) is 35.8 Å². The molecule has 2 aromatic heterocycles. The molecule has 0 saturated carbocycles. The highest BCUT2D eigenvalue weighted by molar-refractivity contribution is 7.90. The summed E-state index contributed by atoms with van der Waals surface area (Å²) in [5.74, 6) is 0.703. The van der Waals surface area contributed by atoms with E-state index in [0.717, 1.165) is 0 Å². The van der Waals surface area contributed by atoms with E-state index in [0.29, 0.717) is 48.6 Å². The van der Waals surface area contributed by atoms with Crippen molar-refractivity contribution in [1.82, 2.24) is 24.6 Å². The fourth-order valence-electron chi connectivity index (χ4n) is 4.50. The van der Waals surface area contributed by atoms with Crippen LogP contribution in [0.25, 0.3) is 16.7 Å². The lowest BCUT2D eigenvalue weighted by molar-refractivity contribution is -0.00136. The van der Waals surface area contributed by atoms with Crippen molar-refractivity contribution in [3.05, 3.63) is 36.8 Å². The van der Waals surface area contributed by atoms with Crippen molar-refractivity contribution in [3.8, 4) is 11.6 Å². The van der Waals surface area contributed by atoms with Crippen LogP contribution in [0.2, 0.25) is 0 Å². The molecule has 11 heteroatoms. The second-order valence-electron chi connectivity index (χ2n) is 11.0. The first-order chi connectivity index (χ1) is 17.3. The van der Waals surface area contributed by atoms with Gasteiger partial charge in [0.2, 0.25) is 5.88 Å². The molecule has 0 N–H and O–H groups in total. The molecule has 200 valence electrons. The first-order valence-corrected chi connectivity index (χ1v) is 14.3. The Balaban J connectivity index is 1.54. The van der Waals surface area contributed by atoms with E-state index < -0.39 is 9.84 Å². The number of ether oxygens (including phenoxy) is 2. The molecule has 37 heavy (non-hydrogen) atoms. The number of likely N-dealkylation sites (tertiary alicyclic amines) is 1. The van der Waals surface area contributed by atoms with E-state index in [1.807, 2.05) is 18.7 Å². The van der Waals surface area contributed by atoms with Crippen molar-refractivity contribution in [2.75, 3.05) is 19.4 Å². The molecule has 3 heterocycles. The van der Waals surface area contributed by atoms with E-state index in [1.54, 1.807) is 35.1 Å². The van der Waals surface area contributed by atoms with Gasteiger partial charge in [0, 0.05) is 31.7 Å². The van der Waals surface area contributed by atoms with E-state index in [4.69, 9.17) is 9.47 Å². The van der Waals surface area contributed by atoms with Crippen LogP contribution in [0.15, 0.2) is 41.7 Å². The van der Waals surface area contributed by atoms with Gasteiger partial charge in [0.1, 0.15) is 17.8 Å². The summed E-state index contributed by atoms with van der Waals surface area (Å²) in [4.78, 5) is 23.6. The van der Waals surface area contributed by atoms with Gasteiger partial charge in [0.05, 0.1) is 23.4 Å². The Bertz CT molecular complexity index is 1360. The van der Waals surface area contributed by atoms with Gasteiger partial charge in [-0.15, -0.1) is 0 Å². The zero-order valence-electron chi connectivity index (χ0n) is 22.2. The summed E-state index contributed by atoms with van der Waals surface area (Å²) in [6.45, 7) is 11.3. The molecule has 2 atom stereocenters. The van der Waals surface area contributed by atoms with Crippen LogP contribution in [-0.4, -0.2) is 70.7 Å². The fraction of sp³-hybridized carbons (Fsp3) is 0.538. The molecule has 1 aliphatic rings. The molecule has 1 aromatic carbocycles. The summed E-state index contributed by atoms with van der Waals surface area (Å²) in [6.07, 6.45) is 5.12. The molecule has 0 bridgehead atoms. The van der Waals surface area contributed by atoms with Crippen LogP contribution in [-0.2, 0) is 14.6 Å². The Kier molecular flexibility index (Phi) is 7.45. The summed E-state index contributed by atoms with van der Waals surface area (Å²) < 4.78 is 37.1. The Labute approximate surface area is 217 Å². The van der Waals surface area contributed by atoms with Crippen LogP contribution in [0, 0.1) is 11.3 Å². The molecule has 10 nitrogen and oxygen atoms in total. The van der Waals surface area contributed by atoms with Crippen LogP contribution >= 0.6 is 0 Å². The van der Waals surface area contributed by atoms with Gasteiger partial charge in [-0.05, 0) is 35.6 Å². The molecule has 0 aliphatic carbocycles. The molecular weight excluding hydrogens is 494 g/mol. The van der Waals surface area contributed by atoms with Gasteiger partial charge in [-0.3, -0.25) is 0 Å². The van der Waals surface area contributed by atoms with E-state index in [9.17, 15) is 13.2 Å². The van der Waals surface area contributed by atoms with Gasteiger partial charge >= 0.3 is 6.09 Å². The van der Waals surface area contributed by atoms with Crippen LogP contribution < -0.4 is 4.74 Å². The molecule has 2 unspecified atom stereocenters. The van der Waals surface area contributed by atoms with Crippen molar-refractivity contribution in [2.24, 2.45) is 11.3 Å². The summed E-state index contributed by atoms with van der Waals surface area (Å²) in [7, 11) is -3.29. The Morgan fingerprint density at radius 2 is 1.86 bits per heavy atom. The normalized spacial score (nSPS) is 18.8. The number of benzene rings is 1. The highest BCUT2D eigenvalue weighted by Crippen LogP contribution is 2.35. The summed E-state index contributed by atoms with van der Waals surface area (Å²) in [5, 5.41) is 5.10. The number of rotatable bonds is 6. The first-order valence-electron chi connectivity index (χ1n) is 12.4. The van der Waals surface area contributed by atoms with Gasteiger partial charge in [-0.25, -0.2) is 27.9 Å². The quantitative estimate of drug-likeness (QED) is 0.465. The smallest absolute Gasteiger partial charge is 0.410 e. The number of hydrogen-bond donors (Lipinski definition) is 0. The largest absolute Gasteiger partial charge is 0.474 e. The average Bonchev–Trinajstić information content (AvgIpc) is 3.27. The zero-order valence-corrected chi connectivity index (χ0v) is 23.0. The van der Waals surface area contributed by atoms with Crippen molar-refractivity contribution in [1.29, 1.82) is 0 Å². The third kappa shape index (κ3) is 6.03. The van der Waals surface area contributed by atoms with E-state index >= 15 is 0 Å². The number of carbonyl (C=O) groups excluding carboxylic acids is 1. The Hall–Kier alpha value is -3.21. The Morgan fingerprint density at radius 1 is 1.16 bits per heavy atom. The first kappa shape index (κ1) is 26.8. The third-order valence-electron chi connectivity index (χ3n) is 6.45. The number of carbonyl (C=O) groups is 1. The molecule has 1 amide bonds. The van der Waals surface area contributed by atoms with Crippen molar-refractivity contribution >= 4 is 27.0 Å². The fourth-order valence-corrected chi connectivity index (χ4v) is 5.13. The van der Waals surface area contributed by atoms with Gasteiger partial charge in [-0.1, -0.05) is 34.6 Å². The highest BCUT2D eigenvalue weighted by atomic mass is 32.2. The van der Waals surface area contributed by atoms with Gasteiger partial charge in [0.15, 0.2) is 15.5 Å². The minimum absolute atomic E-state index is 0.0562. The minimum Gasteiger partial charge on any atom is -0.474 e. The lowest BCUT2D eigenvalue weighted by atomic mass is 9.80. The minimum atomic E-state index is -3.29. The third-order valence-corrected chi connectivity index (χ3v) is 7.57. The van der Waals surface area contributed by atoms with Crippen LogP contribution in [0.4, 0.5) is 4.79 Å². The standard InChI is InChI=1S/C26H35N5O5S/c1-17(2)15-35-25(32)30-12-11-19(13-22(30)26(3,4)5)36-24-21-14-29-31(23(21)27-16-28-24)18-7-9-20(10-8-18)37(6,33)34/h7-10,14,16-17,19,22H,11-13,15H2,1-6H3. The highest BCUT2D eigenvalue weighted by Gasteiger charge is 2.40. The number of aromatic nitrogens is 4. The lowest BCUT2D eigenvalue weighted by Gasteiger charge is -2.45. The molecule has 1 saturated heterocycles. The maximum atomic E-state index is 12.8. The predicted octanol–water partition coefficient (Wildman–Crippen LogP) is 4.27. The zero-order chi connectivity index (χ0) is 27.0. The number of amides is 1. The SMILES string of the molecule is CC(C)COC(=O)N1CCC(Oc2ncnc3c2cnn3-c2ccc(S(C)(=O)=O)cc2)CC1C(C)(C)C. The number of fused-ring (bicyclic) bond motifs is 1. The molecule has 3 aromatic rings. The van der Waals surface area contributed by atoms with Crippen LogP contribution in [0.3, 0.4) is 0 Å². The predicted molar refractivity (Wildman–Crippen MR) is 140 cm³/mol. The number of sulfone groups is 1. The molecule has 1 aliphatic heterocycles. The number of hydrogen-bond acceptors (Lipinski definition) is 8. The van der Waals surface area contributed by atoms with Gasteiger partial charge in [0.25, 0.3) is 0 Å². The van der Waals surface area contributed by atoms with Crippen LogP contribution in [0.5, 0.6) is 5.88 Å². The maximum absolute atomic E-state index is 12.8. The summed E-state index contributed by atoms with van der Waals surface area (Å²) in [6, 6.07) is 6.41. The monoisotopic (exact) mass is 529 g/mol. The van der Waals surface area contributed by atoms with Crippen LogP contribution in [0.1, 0.15) is 47.5 Å². The second kappa shape index (κ2) is 10.3. The van der Waals surface area contributed by atoms with Crippen molar-refractivity contribution < 1.29 is 22.7 Å². The van der Waals surface area contributed by atoms with Crippen molar-refractivity contribution in [2.45, 2.75) is 64.5 Å². The average molecular weight is 530 g/mol. The van der Waals surface area contributed by atoms with Crippen molar-refractivity contribution in [3.63, 3.8) is 0 Å². The number of piperidine rings is 1. The molecular formula is C26H35N5O5S. The molecule has 0 spiro atoms. The molecule has 0 radical (unpaired) electrons. The summed E-state index contributed by atoms with van der Waals surface area (Å²) in [5.41, 5.74) is 1.07. The summed E-state index contributed by atoms with van der Waals surface area (Å²) >= 11 is 0. The Morgan fingerprint density at radius 3 is 2.49 bits per heavy atom. The van der Waals surface area contributed by atoms with E-state index in [1.165, 1.54) is 12.6 Å². The van der Waals surface area contributed by atoms with E-state index in [-0.39, 0.29) is 34.5 Å². The molecule has 1 fully saturated rings. The maximum Gasteiger partial charge on any atom is 0.410 e. The van der Waals surface area contributed by atoms with Gasteiger partial charge in [-0.2, -0.15) is 5.10 Å². The lowest BCUT2D eigenvalue weighted by Crippen LogP contribution is -2.54. The van der Waals surface area contributed by atoms with Gasteiger partial charge < -0.3 is 14.4 Å². The molecule has 4 rings (SSSR count). The number of nitrogens with zero attached hydrogens (tertiary/aromatic N) is 5.